The zero-order valence-corrected chi connectivity index (χ0v) is 17.0. The summed E-state index contributed by atoms with van der Waals surface area (Å²) in [6.07, 6.45) is 2.01. The van der Waals surface area contributed by atoms with E-state index in [1.54, 1.807) is 24.3 Å². The summed E-state index contributed by atoms with van der Waals surface area (Å²) in [6, 6.07) is 15.2. The van der Waals surface area contributed by atoms with Crippen LogP contribution in [0.3, 0.4) is 0 Å². The van der Waals surface area contributed by atoms with Crippen LogP contribution in [0.15, 0.2) is 48.5 Å². The van der Waals surface area contributed by atoms with E-state index in [4.69, 9.17) is 21.1 Å². The van der Waals surface area contributed by atoms with Crippen LogP contribution in [-0.4, -0.2) is 24.7 Å². The Kier molecular flexibility index (Phi) is 8.46. The molecule has 0 radical (unpaired) electrons. The molecule has 0 aliphatic heterocycles. The molecule has 2 aromatic carbocycles. The molecule has 0 aliphatic carbocycles. The van der Waals surface area contributed by atoms with Gasteiger partial charge in [-0.05, 0) is 69.0 Å². The Morgan fingerprint density at radius 3 is 2.44 bits per heavy atom. The lowest BCUT2D eigenvalue weighted by Gasteiger charge is -2.17. The van der Waals surface area contributed by atoms with E-state index in [-0.39, 0.29) is 12.0 Å². The van der Waals surface area contributed by atoms with E-state index in [1.165, 1.54) is 5.56 Å². The molecule has 0 saturated heterocycles. The highest BCUT2D eigenvalue weighted by Crippen LogP contribution is 2.19. The fourth-order valence-electron chi connectivity index (χ4n) is 2.65. The number of rotatable bonds is 10. The van der Waals surface area contributed by atoms with Crippen molar-refractivity contribution in [1.82, 2.24) is 5.32 Å². The van der Waals surface area contributed by atoms with Crippen molar-refractivity contribution < 1.29 is 14.3 Å². The minimum Gasteiger partial charge on any atom is -0.491 e. The van der Waals surface area contributed by atoms with Crippen LogP contribution in [0, 0.1) is 0 Å². The predicted molar refractivity (Wildman–Crippen MR) is 110 cm³/mol. The van der Waals surface area contributed by atoms with E-state index in [0.717, 1.165) is 18.6 Å². The van der Waals surface area contributed by atoms with Crippen molar-refractivity contribution in [2.45, 2.75) is 52.2 Å². The van der Waals surface area contributed by atoms with Crippen molar-refractivity contribution in [2.75, 3.05) is 6.54 Å². The smallest absolute Gasteiger partial charge is 0.261 e. The standard InChI is InChI=1S/C22H28ClNO3/c1-4-21(27-20-9-5-8-18(23)15-20)22(25)24-14-6-7-17-10-12-19(13-11-17)26-16(2)3/h5,8-13,15-16,21H,4,6-7,14H2,1-3H3,(H,24,25). The molecule has 1 unspecified atom stereocenters. The van der Waals surface area contributed by atoms with Crippen molar-refractivity contribution in [3.8, 4) is 11.5 Å². The van der Waals surface area contributed by atoms with Crippen molar-refractivity contribution >= 4 is 17.5 Å². The third-order valence-corrected chi connectivity index (χ3v) is 4.21. The van der Waals surface area contributed by atoms with Gasteiger partial charge in [-0.1, -0.05) is 36.7 Å². The van der Waals surface area contributed by atoms with Crippen LogP contribution in [0.4, 0.5) is 0 Å². The van der Waals surface area contributed by atoms with Gasteiger partial charge in [-0.3, -0.25) is 4.79 Å². The maximum atomic E-state index is 12.3. The topological polar surface area (TPSA) is 47.6 Å². The SMILES string of the molecule is CCC(Oc1cccc(Cl)c1)C(=O)NCCCc1ccc(OC(C)C)cc1. The van der Waals surface area contributed by atoms with E-state index in [9.17, 15) is 4.79 Å². The largest absolute Gasteiger partial charge is 0.491 e. The highest BCUT2D eigenvalue weighted by atomic mass is 35.5. The first-order valence-electron chi connectivity index (χ1n) is 9.43. The number of amides is 1. The molecule has 0 heterocycles. The number of hydrogen-bond acceptors (Lipinski definition) is 3. The Hall–Kier alpha value is -2.20. The average molecular weight is 390 g/mol. The summed E-state index contributed by atoms with van der Waals surface area (Å²) < 4.78 is 11.4. The lowest BCUT2D eigenvalue weighted by atomic mass is 10.1. The van der Waals surface area contributed by atoms with Crippen molar-refractivity contribution in [3.05, 3.63) is 59.1 Å². The quantitative estimate of drug-likeness (QED) is 0.579. The first-order valence-corrected chi connectivity index (χ1v) is 9.81. The molecule has 4 nitrogen and oxygen atoms in total. The molecule has 1 atom stereocenters. The fourth-order valence-corrected chi connectivity index (χ4v) is 2.83. The molecule has 0 bridgehead atoms. The average Bonchev–Trinajstić information content (AvgIpc) is 2.64. The van der Waals surface area contributed by atoms with Crippen molar-refractivity contribution in [3.63, 3.8) is 0 Å². The Balaban J connectivity index is 1.74. The maximum Gasteiger partial charge on any atom is 0.261 e. The van der Waals surface area contributed by atoms with Crippen LogP contribution in [0.5, 0.6) is 11.5 Å². The molecule has 0 aliphatic rings. The van der Waals surface area contributed by atoms with Crippen molar-refractivity contribution in [1.29, 1.82) is 0 Å². The van der Waals surface area contributed by atoms with Crippen LogP contribution in [0.25, 0.3) is 0 Å². The summed E-state index contributed by atoms with van der Waals surface area (Å²) in [5, 5.41) is 3.55. The zero-order valence-electron chi connectivity index (χ0n) is 16.2. The summed E-state index contributed by atoms with van der Waals surface area (Å²) in [5.74, 6) is 1.39. The number of carbonyl (C=O) groups is 1. The van der Waals surface area contributed by atoms with Crippen LogP contribution >= 0.6 is 11.6 Å². The summed E-state index contributed by atoms with van der Waals surface area (Å²) in [5.41, 5.74) is 1.22. The Bertz CT molecular complexity index is 716. The minimum absolute atomic E-state index is 0.0989. The molecule has 2 rings (SSSR count). The number of ether oxygens (including phenoxy) is 2. The second-order valence-corrected chi connectivity index (χ2v) is 7.11. The number of benzene rings is 2. The minimum atomic E-state index is -0.518. The van der Waals surface area contributed by atoms with Gasteiger partial charge in [0.15, 0.2) is 6.10 Å². The third kappa shape index (κ3) is 7.51. The Morgan fingerprint density at radius 1 is 1.07 bits per heavy atom. The number of nitrogens with one attached hydrogen (secondary N) is 1. The van der Waals surface area contributed by atoms with Gasteiger partial charge in [0, 0.05) is 11.6 Å². The molecule has 2 aromatic rings. The van der Waals surface area contributed by atoms with E-state index in [0.29, 0.717) is 23.7 Å². The van der Waals surface area contributed by atoms with Gasteiger partial charge in [0.1, 0.15) is 11.5 Å². The van der Waals surface area contributed by atoms with E-state index >= 15 is 0 Å². The van der Waals surface area contributed by atoms with Gasteiger partial charge in [0.25, 0.3) is 5.91 Å². The van der Waals surface area contributed by atoms with Crippen LogP contribution in [-0.2, 0) is 11.2 Å². The van der Waals surface area contributed by atoms with Gasteiger partial charge >= 0.3 is 0 Å². The first-order chi connectivity index (χ1) is 13.0. The Labute approximate surface area is 166 Å². The summed E-state index contributed by atoms with van der Waals surface area (Å²) in [7, 11) is 0. The van der Waals surface area contributed by atoms with Crippen LogP contribution in [0.2, 0.25) is 5.02 Å². The highest BCUT2D eigenvalue weighted by Gasteiger charge is 2.17. The molecule has 1 N–H and O–H groups in total. The first kappa shape index (κ1) is 21.1. The second kappa shape index (κ2) is 10.8. The van der Waals surface area contributed by atoms with Gasteiger partial charge in [-0.2, -0.15) is 0 Å². The monoisotopic (exact) mass is 389 g/mol. The lowest BCUT2D eigenvalue weighted by Crippen LogP contribution is -2.38. The predicted octanol–water partition coefficient (Wildman–Crippen LogP) is 5.03. The molecule has 27 heavy (non-hydrogen) atoms. The van der Waals surface area contributed by atoms with E-state index in [1.807, 2.05) is 32.9 Å². The normalized spacial score (nSPS) is 11.9. The summed E-state index contributed by atoms with van der Waals surface area (Å²) in [4.78, 5) is 12.3. The summed E-state index contributed by atoms with van der Waals surface area (Å²) >= 11 is 5.96. The molecule has 0 fully saturated rings. The number of carbonyl (C=O) groups excluding carboxylic acids is 1. The highest BCUT2D eigenvalue weighted by molar-refractivity contribution is 6.30. The van der Waals surface area contributed by atoms with E-state index < -0.39 is 6.10 Å². The fraction of sp³-hybridized carbons (Fsp3) is 0.409. The third-order valence-electron chi connectivity index (χ3n) is 3.97. The van der Waals surface area contributed by atoms with Gasteiger partial charge in [-0.25, -0.2) is 0 Å². The molecule has 0 spiro atoms. The van der Waals surface area contributed by atoms with E-state index in [2.05, 4.69) is 17.4 Å². The molecular formula is C22H28ClNO3. The molecule has 0 aromatic heterocycles. The maximum absolute atomic E-state index is 12.3. The molecule has 0 saturated carbocycles. The van der Waals surface area contributed by atoms with Crippen LogP contribution < -0.4 is 14.8 Å². The number of halogens is 1. The van der Waals surface area contributed by atoms with Crippen LogP contribution in [0.1, 0.15) is 39.2 Å². The lowest BCUT2D eigenvalue weighted by molar-refractivity contribution is -0.128. The van der Waals surface area contributed by atoms with Crippen molar-refractivity contribution in [2.24, 2.45) is 0 Å². The summed E-state index contributed by atoms with van der Waals surface area (Å²) in [6.45, 7) is 6.56. The zero-order chi connectivity index (χ0) is 19.6. The molecule has 5 heteroatoms. The molecule has 146 valence electrons. The number of aryl methyl sites for hydroxylation is 1. The van der Waals surface area contributed by atoms with Gasteiger partial charge in [-0.15, -0.1) is 0 Å². The molecule has 1 amide bonds. The Morgan fingerprint density at radius 2 is 1.81 bits per heavy atom. The number of hydrogen-bond donors (Lipinski definition) is 1. The molecular weight excluding hydrogens is 362 g/mol. The van der Waals surface area contributed by atoms with Gasteiger partial charge in [0.05, 0.1) is 6.10 Å². The second-order valence-electron chi connectivity index (χ2n) is 6.68. The van der Waals surface area contributed by atoms with Gasteiger partial charge < -0.3 is 14.8 Å². The van der Waals surface area contributed by atoms with Gasteiger partial charge in [0.2, 0.25) is 0 Å².